The average molecular weight is 210 g/mol. The summed E-state index contributed by atoms with van der Waals surface area (Å²) in [6.45, 7) is 0. The van der Waals surface area contributed by atoms with Gasteiger partial charge in [0.25, 0.3) is 0 Å². The summed E-state index contributed by atoms with van der Waals surface area (Å²) in [6.07, 6.45) is 0. The maximum Gasteiger partial charge on any atom is 0.427 e. The zero-order chi connectivity index (χ0) is 8.39. The molecular weight excluding hydrogens is 199 g/mol. The molecule has 3 heteroatoms. The lowest BCUT2D eigenvalue weighted by Crippen LogP contribution is -1.91. The molecule has 0 amide bonds. The Balaban J connectivity index is 2.11. The molecule has 0 N–H and O–H groups in total. The first-order valence-corrected chi connectivity index (χ1v) is 10.2. The Morgan fingerprint density at radius 3 is 2.67 bits per heavy atom. The number of hydrogen-bond acceptors (Lipinski definition) is 2. The number of rotatable bonds is 1. The number of hydrogen-bond donors (Lipinski definition) is 0. The second kappa shape index (κ2) is 4.11. The largest absolute Gasteiger partial charge is 0.427 e. The molecule has 62 valence electrons. The third-order valence-electron chi connectivity index (χ3n) is 2.01. The fraction of sp³-hybridized carbons (Fsp3) is 0.333. The van der Waals surface area contributed by atoms with Crippen molar-refractivity contribution >= 4 is 32.1 Å². The zero-order valence-electron chi connectivity index (χ0n) is 7.07. The summed E-state index contributed by atoms with van der Waals surface area (Å²) in [7, 11) is 4.42. The van der Waals surface area contributed by atoms with Gasteiger partial charge in [0.2, 0.25) is 0 Å². The lowest BCUT2D eigenvalue weighted by atomic mass is 10.2. The molecule has 1 aromatic carbocycles. The van der Waals surface area contributed by atoms with Crippen molar-refractivity contribution in [2.24, 2.45) is 0 Å². The van der Waals surface area contributed by atoms with Gasteiger partial charge in [-0.2, -0.15) is 0 Å². The van der Waals surface area contributed by atoms with E-state index in [2.05, 4.69) is 56.4 Å². The minimum Gasteiger partial charge on any atom is -0.240 e. The summed E-state index contributed by atoms with van der Waals surface area (Å²) in [5.41, 5.74) is 1.52. The van der Waals surface area contributed by atoms with Gasteiger partial charge in [-0.3, -0.25) is 0 Å². The van der Waals surface area contributed by atoms with Crippen LogP contribution in [0.5, 0.6) is 0 Å². The Morgan fingerprint density at radius 1 is 1.33 bits per heavy atom. The predicted molar refractivity (Wildman–Crippen MR) is 60.9 cm³/mol. The van der Waals surface area contributed by atoms with Crippen LogP contribution in [-0.4, -0.2) is 17.6 Å². The van der Waals surface area contributed by atoms with Crippen molar-refractivity contribution < 1.29 is 0 Å². The van der Waals surface area contributed by atoms with Crippen molar-refractivity contribution in [1.29, 1.82) is 0 Å². The van der Waals surface area contributed by atoms with E-state index in [1.165, 1.54) is 11.3 Å². The number of benzene rings is 1. The molecule has 0 spiro atoms. The Bertz CT molecular complexity index is 250. The van der Waals surface area contributed by atoms with E-state index >= 15 is 0 Å². The van der Waals surface area contributed by atoms with E-state index in [1.807, 2.05) is 0 Å². The molecule has 0 bridgehead atoms. The van der Waals surface area contributed by atoms with E-state index in [-0.39, 0.29) is 0 Å². The van der Waals surface area contributed by atoms with Crippen LogP contribution < -0.4 is 0 Å². The summed E-state index contributed by atoms with van der Waals surface area (Å²) < 4.78 is 0. The van der Waals surface area contributed by atoms with Gasteiger partial charge >= 0.3 is 11.9 Å². The summed E-state index contributed by atoms with van der Waals surface area (Å²) in [5.74, 6) is 3.76. The van der Waals surface area contributed by atoms with Gasteiger partial charge in [-0.1, -0.05) is 36.1 Å². The first kappa shape index (κ1) is 9.03. The Hall–Kier alpha value is 0.452. The standard InChI is InChI=1S/C8H10S2.CH3.Al/c9-6-8(10)7-4-2-1-3-5-7;;/h1-5,8-10H,6H2;1H3;/q;;+2/p-2. The van der Waals surface area contributed by atoms with Crippen LogP contribution in [0.4, 0.5) is 0 Å². The molecule has 0 nitrogen and oxygen atoms in total. The van der Waals surface area contributed by atoms with E-state index in [9.17, 15) is 0 Å². The highest BCUT2D eigenvalue weighted by molar-refractivity contribution is 8.56. The van der Waals surface area contributed by atoms with Gasteiger partial charge in [0.05, 0.1) is 0 Å². The Morgan fingerprint density at radius 2 is 2.08 bits per heavy atom. The minimum atomic E-state index is -0.444. The molecule has 12 heavy (non-hydrogen) atoms. The zero-order valence-corrected chi connectivity index (χ0v) is 9.85. The maximum absolute atomic E-state index is 2.43. The van der Waals surface area contributed by atoms with Crippen molar-refractivity contribution in [3.05, 3.63) is 35.9 Å². The van der Waals surface area contributed by atoms with Crippen molar-refractivity contribution in [2.75, 3.05) is 5.75 Å². The van der Waals surface area contributed by atoms with Crippen LogP contribution in [0.3, 0.4) is 0 Å². The molecular formula is C9H11AlS2. The molecule has 2 rings (SSSR count). The van der Waals surface area contributed by atoms with Crippen LogP contribution in [0.25, 0.3) is 0 Å². The lowest BCUT2D eigenvalue weighted by Gasteiger charge is -2.08. The summed E-state index contributed by atoms with van der Waals surface area (Å²) in [6, 6.07) is 10.9. The molecule has 1 aromatic rings. The van der Waals surface area contributed by atoms with E-state index in [4.69, 9.17) is 0 Å². The van der Waals surface area contributed by atoms with Crippen LogP contribution in [-0.2, 0) is 0 Å². The summed E-state index contributed by atoms with van der Waals surface area (Å²) >= 11 is -0.444. The molecule has 0 aliphatic carbocycles. The van der Waals surface area contributed by atoms with E-state index in [0.717, 1.165) is 5.25 Å². The topological polar surface area (TPSA) is 0 Å². The van der Waals surface area contributed by atoms with E-state index < -0.39 is 11.9 Å². The van der Waals surface area contributed by atoms with Gasteiger partial charge in [-0.25, -0.2) is 20.3 Å². The van der Waals surface area contributed by atoms with Gasteiger partial charge in [-0.15, -0.1) is 0 Å². The van der Waals surface area contributed by atoms with Gasteiger partial charge in [0, 0.05) is 5.25 Å². The first-order chi connectivity index (χ1) is 5.86. The predicted octanol–water partition coefficient (Wildman–Crippen LogP) is 3.33. The maximum atomic E-state index is 2.43. The van der Waals surface area contributed by atoms with Gasteiger partial charge < -0.3 is 0 Å². The molecule has 1 aliphatic rings. The van der Waals surface area contributed by atoms with Crippen LogP contribution in [0.2, 0.25) is 5.79 Å². The van der Waals surface area contributed by atoms with E-state index in [1.54, 1.807) is 0 Å². The third kappa shape index (κ3) is 2.03. The second-order valence-electron chi connectivity index (χ2n) is 2.94. The van der Waals surface area contributed by atoms with Gasteiger partial charge in [0.1, 0.15) is 0 Å². The highest BCUT2D eigenvalue weighted by Crippen LogP contribution is 2.44. The molecule has 1 unspecified atom stereocenters. The molecule has 1 atom stereocenters. The molecule has 1 fully saturated rings. The monoisotopic (exact) mass is 210 g/mol. The fourth-order valence-electron chi connectivity index (χ4n) is 1.38. The quantitative estimate of drug-likeness (QED) is 0.652. The van der Waals surface area contributed by atoms with Crippen LogP contribution >= 0.6 is 20.3 Å². The van der Waals surface area contributed by atoms with Crippen molar-refractivity contribution in [2.45, 2.75) is 11.0 Å². The van der Waals surface area contributed by atoms with Gasteiger partial charge in [-0.05, 0) is 11.3 Å². The smallest absolute Gasteiger partial charge is 0.240 e. The Labute approximate surface area is 84.6 Å². The van der Waals surface area contributed by atoms with Crippen LogP contribution in [0.1, 0.15) is 10.8 Å². The van der Waals surface area contributed by atoms with Crippen molar-refractivity contribution in [3.8, 4) is 0 Å². The highest BCUT2D eigenvalue weighted by Gasteiger charge is 2.27. The molecule has 0 aromatic heterocycles. The normalized spacial score (nSPS) is 23.1. The van der Waals surface area contributed by atoms with E-state index in [0.29, 0.717) is 0 Å². The van der Waals surface area contributed by atoms with Crippen molar-refractivity contribution in [1.82, 2.24) is 0 Å². The average Bonchev–Trinajstić information content (AvgIpc) is 2.54. The van der Waals surface area contributed by atoms with Gasteiger partial charge in [0.15, 0.2) is 0 Å². The van der Waals surface area contributed by atoms with Crippen LogP contribution in [0, 0.1) is 0 Å². The van der Waals surface area contributed by atoms with Crippen molar-refractivity contribution in [3.63, 3.8) is 0 Å². The third-order valence-corrected chi connectivity index (χ3v) is 10.7. The minimum absolute atomic E-state index is 0.444. The summed E-state index contributed by atoms with van der Waals surface area (Å²) in [5, 5.41) is 0.790. The molecule has 0 radical (unpaired) electrons. The second-order valence-corrected chi connectivity index (χ2v) is 12.5. The Kier molecular flexibility index (Phi) is 3.09. The highest BCUT2D eigenvalue weighted by atomic mass is 32.5. The molecule has 1 saturated heterocycles. The SMILES string of the molecule is [CH3][Al]1[S]CC(c2ccccc2)[S]1. The molecule has 0 saturated carbocycles. The molecule has 1 aliphatic heterocycles. The van der Waals surface area contributed by atoms with Crippen LogP contribution in [0.15, 0.2) is 30.3 Å². The fourth-order valence-corrected chi connectivity index (χ4v) is 10.7. The molecule has 1 heterocycles. The summed E-state index contributed by atoms with van der Waals surface area (Å²) in [4.78, 5) is 0. The lowest BCUT2D eigenvalue weighted by molar-refractivity contribution is 1.13. The first-order valence-electron chi connectivity index (χ1n) is 4.18.